The Morgan fingerprint density at radius 1 is 1.16 bits per heavy atom. The van der Waals surface area contributed by atoms with Crippen molar-refractivity contribution in [3.63, 3.8) is 0 Å². The maximum atomic E-state index is 12.5. The second kappa shape index (κ2) is 8.46. The SMILES string of the molecule is CN1C(C)(C)CC(Nc2nc(Nc3cccc(OC(F)(F)F)c3)ncc2Br)CC1(C)C. The van der Waals surface area contributed by atoms with E-state index >= 15 is 0 Å². The van der Waals surface area contributed by atoms with Crippen LogP contribution >= 0.6 is 15.9 Å². The van der Waals surface area contributed by atoms with Gasteiger partial charge in [0, 0.05) is 35.1 Å². The molecule has 0 spiro atoms. The first kappa shape index (κ1) is 23.6. The van der Waals surface area contributed by atoms with E-state index in [2.05, 4.69) is 80.9 Å². The molecule has 0 saturated carbocycles. The second-order valence-electron chi connectivity index (χ2n) is 9.02. The number of aromatic nitrogens is 2. The van der Waals surface area contributed by atoms with Crippen molar-refractivity contribution < 1.29 is 17.9 Å². The van der Waals surface area contributed by atoms with E-state index < -0.39 is 6.36 Å². The Hall–Kier alpha value is -2.07. The Labute approximate surface area is 188 Å². The highest BCUT2D eigenvalue weighted by Gasteiger charge is 2.43. The van der Waals surface area contributed by atoms with Gasteiger partial charge in [-0.15, -0.1) is 13.2 Å². The largest absolute Gasteiger partial charge is 0.573 e. The normalized spacial score (nSPS) is 19.1. The van der Waals surface area contributed by atoms with Gasteiger partial charge in [-0.1, -0.05) is 6.07 Å². The average Bonchev–Trinajstić information content (AvgIpc) is 2.61. The highest BCUT2D eigenvalue weighted by molar-refractivity contribution is 9.10. The van der Waals surface area contributed by atoms with Crippen molar-refractivity contribution in [3.05, 3.63) is 34.9 Å². The molecule has 0 atom stereocenters. The maximum Gasteiger partial charge on any atom is 0.573 e. The fourth-order valence-corrected chi connectivity index (χ4v) is 4.40. The van der Waals surface area contributed by atoms with Crippen molar-refractivity contribution in [2.24, 2.45) is 0 Å². The van der Waals surface area contributed by atoms with Gasteiger partial charge >= 0.3 is 6.36 Å². The minimum Gasteiger partial charge on any atom is -0.406 e. The van der Waals surface area contributed by atoms with E-state index in [-0.39, 0.29) is 28.8 Å². The van der Waals surface area contributed by atoms with Gasteiger partial charge in [-0.25, -0.2) is 4.98 Å². The Bertz CT molecular complexity index is 917. The van der Waals surface area contributed by atoms with Crippen LogP contribution in [0, 0.1) is 0 Å². The number of nitrogens with one attached hydrogen (secondary N) is 2. The lowest BCUT2D eigenvalue weighted by Crippen LogP contribution is -2.61. The fourth-order valence-electron chi connectivity index (χ4n) is 4.10. The first-order valence-corrected chi connectivity index (χ1v) is 10.7. The molecule has 10 heteroatoms. The lowest BCUT2D eigenvalue weighted by atomic mass is 9.77. The number of hydrogen-bond donors (Lipinski definition) is 2. The van der Waals surface area contributed by atoms with Crippen molar-refractivity contribution in [3.8, 4) is 5.75 Å². The summed E-state index contributed by atoms with van der Waals surface area (Å²) in [5.74, 6) is 0.575. The molecule has 0 unspecified atom stereocenters. The monoisotopic (exact) mass is 501 g/mol. The number of halogens is 4. The molecule has 2 heterocycles. The van der Waals surface area contributed by atoms with Crippen LogP contribution < -0.4 is 15.4 Å². The summed E-state index contributed by atoms with van der Waals surface area (Å²) in [6, 6.07) is 5.75. The lowest BCUT2D eigenvalue weighted by molar-refractivity contribution is -0.274. The molecule has 0 bridgehead atoms. The number of rotatable bonds is 5. The Morgan fingerprint density at radius 3 is 2.42 bits per heavy atom. The molecule has 1 fully saturated rings. The van der Waals surface area contributed by atoms with E-state index in [9.17, 15) is 13.2 Å². The molecule has 0 radical (unpaired) electrons. The molecule has 1 aliphatic rings. The number of benzene rings is 1. The zero-order chi connectivity index (χ0) is 23.0. The highest BCUT2D eigenvalue weighted by atomic mass is 79.9. The van der Waals surface area contributed by atoms with Crippen LogP contribution in [0.25, 0.3) is 0 Å². The van der Waals surface area contributed by atoms with E-state index in [4.69, 9.17) is 0 Å². The molecule has 0 aliphatic carbocycles. The third-order valence-corrected chi connectivity index (χ3v) is 6.30. The molecular formula is C21H27BrF3N5O. The van der Waals surface area contributed by atoms with Gasteiger partial charge in [0.15, 0.2) is 0 Å². The van der Waals surface area contributed by atoms with Gasteiger partial charge in [-0.05, 0) is 75.6 Å². The topological polar surface area (TPSA) is 62.3 Å². The fraction of sp³-hybridized carbons (Fsp3) is 0.524. The minimum atomic E-state index is -4.75. The Morgan fingerprint density at radius 2 is 1.81 bits per heavy atom. The zero-order valence-electron chi connectivity index (χ0n) is 18.1. The number of likely N-dealkylation sites (tertiary alicyclic amines) is 1. The minimum absolute atomic E-state index is 0.0128. The molecule has 0 amide bonds. The molecule has 2 aromatic rings. The number of nitrogens with zero attached hydrogens (tertiary/aromatic N) is 3. The molecule has 3 rings (SSSR count). The molecule has 2 N–H and O–H groups in total. The molecule has 1 saturated heterocycles. The predicted molar refractivity (Wildman–Crippen MR) is 119 cm³/mol. The highest BCUT2D eigenvalue weighted by Crippen LogP contribution is 2.38. The van der Waals surface area contributed by atoms with Crippen molar-refractivity contribution in [2.75, 3.05) is 17.7 Å². The van der Waals surface area contributed by atoms with Crippen LogP contribution in [0.3, 0.4) is 0 Å². The number of piperidine rings is 1. The molecule has 1 aromatic heterocycles. The standard InChI is InChI=1S/C21H27BrF3N5O/c1-19(2)10-14(11-20(3,4)30(19)5)27-17-16(22)12-26-18(29-17)28-13-7-6-8-15(9-13)31-21(23,24)25/h6-9,12,14H,10-11H2,1-5H3,(H2,26,27,28,29). The molecular weight excluding hydrogens is 475 g/mol. The first-order chi connectivity index (χ1) is 14.2. The maximum absolute atomic E-state index is 12.5. The van der Waals surface area contributed by atoms with Gasteiger partial charge in [-0.2, -0.15) is 4.98 Å². The molecule has 1 aliphatic heterocycles. The van der Waals surface area contributed by atoms with Crippen molar-refractivity contribution in [1.29, 1.82) is 0 Å². The third kappa shape index (κ3) is 6.00. The van der Waals surface area contributed by atoms with Gasteiger partial charge in [0.05, 0.1) is 4.47 Å². The van der Waals surface area contributed by atoms with Gasteiger partial charge in [0.1, 0.15) is 11.6 Å². The van der Waals surface area contributed by atoms with Crippen molar-refractivity contribution >= 4 is 33.4 Å². The lowest BCUT2D eigenvalue weighted by Gasteiger charge is -2.53. The summed E-state index contributed by atoms with van der Waals surface area (Å²) in [7, 11) is 2.15. The van der Waals surface area contributed by atoms with Gasteiger partial charge < -0.3 is 15.4 Å². The van der Waals surface area contributed by atoms with Crippen LogP contribution in [0.1, 0.15) is 40.5 Å². The van der Waals surface area contributed by atoms with E-state index in [1.54, 1.807) is 12.3 Å². The van der Waals surface area contributed by atoms with Crippen molar-refractivity contribution in [2.45, 2.75) is 64.0 Å². The molecule has 31 heavy (non-hydrogen) atoms. The van der Waals surface area contributed by atoms with Crippen LogP contribution in [0.4, 0.5) is 30.6 Å². The average molecular weight is 502 g/mol. The number of ether oxygens (including phenoxy) is 1. The summed E-state index contributed by atoms with van der Waals surface area (Å²) in [6.45, 7) is 8.89. The van der Waals surface area contributed by atoms with E-state index in [0.29, 0.717) is 16.0 Å². The van der Waals surface area contributed by atoms with E-state index in [1.165, 1.54) is 18.2 Å². The number of anilines is 3. The third-order valence-electron chi connectivity index (χ3n) is 5.72. The van der Waals surface area contributed by atoms with Gasteiger partial charge in [-0.3, -0.25) is 4.90 Å². The van der Waals surface area contributed by atoms with Crippen LogP contribution in [0.15, 0.2) is 34.9 Å². The second-order valence-corrected chi connectivity index (χ2v) is 9.88. The Kier molecular flexibility index (Phi) is 6.44. The van der Waals surface area contributed by atoms with Crippen LogP contribution in [-0.4, -0.2) is 45.4 Å². The molecule has 6 nitrogen and oxygen atoms in total. The summed E-state index contributed by atoms with van der Waals surface area (Å²) in [4.78, 5) is 11.1. The predicted octanol–water partition coefficient (Wildman–Crippen LogP) is 5.94. The van der Waals surface area contributed by atoms with Crippen LogP contribution in [-0.2, 0) is 0 Å². The number of hydrogen-bond acceptors (Lipinski definition) is 6. The summed E-state index contributed by atoms with van der Waals surface area (Å²) >= 11 is 3.49. The summed E-state index contributed by atoms with van der Waals surface area (Å²) in [5, 5.41) is 6.45. The van der Waals surface area contributed by atoms with Crippen molar-refractivity contribution in [1.82, 2.24) is 14.9 Å². The van der Waals surface area contributed by atoms with E-state index in [0.717, 1.165) is 12.8 Å². The first-order valence-electron chi connectivity index (χ1n) is 9.91. The summed E-state index contributed by atoms with van der Waals surface area (Å²) in [5.41, 5.74) is 0.411. The molecule has 170 valence electrons. The van der Waals surface area contributed by atoms with Gasteiger partial charge in [0.2, 0.25) is 5.95 Å². The van der Waals surface area contributed by atoms with E-state index in [1.807, 2.05) is 0 Å². The van der Waals surface area contributed by atoms with Crippen LogP contribution in [0.5, 0.6) is 5.75 Å². The number of alkyl halides is 3. The zero-order valence-corrected chi connectivity index (χ0v) is 19.7. The summed E-state index contributed by atoms with van der Waals surface area (Å²) in [6.07, 6.45) is -1.27. The van der Waals surface area contributed by atoms with Crippen LogP contribution in [0.2, 0.25) is 0 Å². The molecule has 1 aromatic carbocycles. The smallest absolute Gasteiger partial charge is 0.406 e. The van der Waals surface area contributed by atoms with Gasteiger partial charge in [0.25, 0.3) is 0 Å². The quantitative estimate of drug-likeness (QED) is 0.528. The Balaban J connectivity index is 1.76. The summed E-state index contributed by atoms with van der Waals surface area (Å²) < 4.78 is 42.1.